The number of aryl methyl sites for hydroxylation is 1. The molecule has 1 aromatic carbocycles. The van der Waals surface area contributed by atoms with E-state index in [0.29, 0.717) is 25.3 Å². The zero-order valence-corrected chi connectivity index (χ0v) is 14.5. The first-order chi connectivity index (χ1) is 11.6. The molecule has 0 spiro atoms. The summed E-state index contributed by atoms with van der Waals surface area (Å²) in [7, 11) is 1.62. The molecule has 0 bridgehead atoms. The van der Waals surface area contributed by atoms with Crippen molar-refractivity contribution in [1.82, 2.24) is 15.1 Å². The van der Waals surface area contributed by atoms with Crippen LogP contribution in [0.25, 0.3) is 0 Å². The van der Waals surface area contributed by atoms with Crippen molar-refractivity contribution < 1.29 is 14.3 Å². The molecule has 2 aromatic rings. The number of nitrogens with one attached hydrogen (secondary N) is 1. The molecule has 6 heteroatoms. The van der Waals surface area contributed by atoms with Gasteiger partial charge < -0.3 is 14.8 Å². The lowest BCUT2D eigenvalue weighted by Gasteiger charge is -2.17. The van der Waals surface area contributed by atoms with E-state index in [1.807, 2.05) is 37.4 Å². The Balaban J connectivity index is 1.93. The molecular formula is C18H25N3O3. The van der Waals surface area contributed by atoms with Crippen molar-refractivity contribution in [3.8, 4) is 11.5 Å². The Bertz CT molecular complexity index is 641. The lowest BCUT2D eigenvalue weighted by Crippen LogP contribution is -2.27. The van der Waals surface area contributed by atoms with Gasteiger partial charge in [0, 0.05) is 25.4 Å². The van der Waals surface area contributed by atoms with Gasteiger partial charge in [-0.1, -0.05) is 13.0 Å². The molecule has 0 unspecified atom stereocenters. The number of amides is 1. The van der Waals surface area contributed by atoms with Gasteiger partial charge in [-0.15, -0.1) is 0 Å². The number of hydrogen-bond donors (Lipinski definition) is 1. The molecular weight excluding hydrogens is 306 g/mol. The summed E-state index contributed by atoms with van der Waals surface area (Å²) in [6, 6.07) is 7.48. The zero-order chi connectivity index (χ0) is 17.4. The van der Waals surface area contributed by atoms with E-state index in [-0.39, 0.29) is 11.9 Å². The summed E-state index contributed by atoms with van der Waals surface area (Å²) in [6.07, 6.45) is 4.88. The van der Waals surface area contributed by atoms with Crippen molar-refractivity contribution >= 4 is 5.91 Å². The van der Waals surface area contributed by atoms with Crippen LogP contribution in [-0.2, 0) is 11.3 Å². The number of methoxy groups -OCH3 is 1. The number of aromatic nitrogens is 2. The third-order valence-corrected chi connectivity index (χ3v) is 3.65. The predicted octanol–water partition coefficient (Wildman–Crippen LogP) is 2.95. The van der Waals surface area contributed by atoms with Crippen LogP contribution in [0.3, 0.4) is 0 Å². The molecule has 1 amide bonds. The minimum absolute atomic E-state index is 0.0109. The van der Waals surface area contributed by atoms with Gasteiger partial charge in [0.25, 0.3) is 0 Å². The molecule has 1 atom stereocenters. The second-order valence-electron chi connectivity index (χ2n) is 5.57. The quantitative estimate of drug-likeness (QED) is 0.767. The highest BCUT2D eigenvalue weighted by Gasteiger charge is 2.13. The highest BCUT2D eigenvalue weighted by Crippen LogP contribution is 2.30. The molecule has 0 saturated heterocycles. The minimum atomic E-state index is -0.107. The van der Waals surface area contributed by atoms with E-state index in [1.165, 1.54) is 0 Å². The van der Waals surface area contributed by atoms with Gasteiger partial charge in [-0.2, -0.15) is 5.10 Å². The molecule has 1 aromatic heterocycles. The lowest BCUT2D eigenvalue weighted by molar-refractivity contribution is -0.122. The van der Waals surface area contributed by atoms with Crippen molar-refractivity contribution in [2.24, 2.45) is 0 Å². The number of carbonyl (C=O) groups excluding carboxylic acids is 1. The maximum Gasteiger partial charge on any atom is 0.222 e. The number of rotatable bonds is 9. The number of ether oxygens (including phenoxy) is 2. The normalized spacial score (nSPS) is 11.8. The summed E-state index contributed by atoms with van der Waals surface area (Å²) < 4.78 is 12.8. The van der Waals surface area contributed by atoms with Gasteiger partial charge in [-0.25, -0.2) is 0 Å². The fraction of sp³-hybridized carbons (Fsp3) is 0.444. The maximum absolute atomic E-state index is 12.1. The number of hydrogen-bond acceptors (Lipinski definition) is 4. The average molecular weight is 331 g/mol. The predicted molar refractivity (Wildman–Crippen MR) is 92.2 cm³/mol. The zero-order valence-electron chi connectivity index (χ0n) is 14.5. The summed E-state index contributed by atoms with van der Waals surface area (Å²) in [5.74, 6) is 1.39. The first-order valence-corrected chi connectivity index (χ1v) is 8.21. The third kappa shape index (κ3) is 5.01. The largest absolute Gasteiger partial charge is 0.493 e. The van der Waals surface area contributed by atoms with E-state index in [9.17, 15) is 4.79 Å². The second-order valence-corrected chi connectivity index (χ2v) is 5.57. The Kier molecular flexibility index (Phi) is 6.66. The molecule has 1 heterocycles. The standard InChI is InChI=1S/C18H25N3O3/c1-4-12-24-16-7-6-15(13-17(16)23-3)14(2)20-18(22)8-11-21-10-5-9-19-21/h5-7,9-10,13-14H,4,8,11-12H2,1-3H3,(H,20,22)/t14-/m0/s1. The summed E-state index contributed by atoms with van der Waals surface area (Å²) in [5, 5.41) is 7.08. The molecule has 0 aliphatic rings. The minimum Gasteiger partial charge on any atom is -0.493 e. The van der Waals surface area contributed by atoms with Crippen LogP contribution in [0.2, 0.25) is 0 Å². The average Bonchev–Trinajstić information content (AvgIpc) is 3.11. The van der Waals surface area contributed by atoms with E-state index in [4.69, 9.17) is 9.47 Å². The summed E-state index contributed by atoms with van der Waals surface area (Å²) >= 11 is 0. The van der Waals surface area contributed by atoms with Crippen molar-refractivity contribution in [2.45, 2.75) is 39.3 Å². The van der Waals surface area contributed by atoms with Crippen LogP contribution in [0.4, 0.5) is 0 Å². The van der Waals surface area contributed by atoms with Crippen LogP contribution in [0.1, 0.15) is 38.3 Å². The van der Waals surface area contributed by atoms with E-state index in [0.717, 1.165) is 17.7 Å². The van der Waals surface area contributed by atoms with E-state index >= 15 is 0 Å². The van der Waals surface area contributed by atoms with Crippen LogP contribution < -0.4 is 14.8 Å². The van der Waals surface area contributed by atoms with Gasteiger partial charge in [-0.05, 0) is 37.1 Å². The molecule has 0 saturated carbocycles. The monoisotopic (exact) mass is 331 g/mol. The van der Waals surface area contributed by atoms with E-state index in [2.05, 4.69) is 17.3 Å². The highest BCUT2D eigenvalue weighted by molar-refractivity contribution is 5.76. The Labute approximate surface area is 142 Å². The lowest BCUT2D eigenvalue weighted by atomic mass is 10.1. The smallest absolute Gasteiger partial charge is 0.222 e. The fourth-order valence-electron chi connectivity index (χ4n) is 2.33. The fourth-order valence-corrected chi connectivity index (χ4v) is 2.33. The molecule has 6 nitrogen and oxygen atoms in total. The van der Waals surface area contributed by atoms with Crippen LogP contribution in [0.15, 0.2) is 36.7 Å². The van der Waals surface area contributed by atoms with Crippen LogP contribution in [0, 0.1) is 0 Å². The summed E-state index contributed by atoms with van der Waals surface area (Å²) in [5.41, 5.74) is 0.975. The highest BCUT2D eigenvalue weighted by atomic mass is 16.5. The van der Waals surface area contributed by atoms with E-state index < -0.39 is 0 Å². The number of benzene rings is 1. The Hall–Kier alpha value is -2.50. The molecule has 2 rings (SSSR count). The third-order valence-electron chi connectivity index (χ3n) is 3.65. The molecule has 0 aliphatic carbocycles. The molecule has 130 valence electrons. The van der Waals surface area contributed by atoms with Crippen molar-refractivity contribution in [3.05, 3.63) is 42.2 Å². The number of nitrogens with zero attached hydrogens (tertiary/aromatic N) is 2. The van der Waals surface area contributed by atoms with Crippen molar-refractivity contribution in [2.75, 3.05) is 13.7 Å². The Morgan fingerprint density at radius 3 is 2.88 bits per heavy atom. The number of carbonyl (C=O) groups is 1. The Morgan fingerprint density at radius 2 is 2.21 bits per heavy atom. The summed E-state index contributed by atoms with van der Waals surface area (Å²) in [6.45, 7) is 5.23. The molecule has 0 radical (unpaired) electrons. The topological polar surface area (TPSA) is 65.4 Å². The van der Waals surface area contributed by atoms with Crippen LogP contribution >= 0.6 is 0 Å². The van der Waals surface area contributed by atoms with Crippen LogP contribution in [-0.4, -0.2) is 29.4 Å². The van der Waals surface area contributed by atoms with Gasteiger partial charge in [-0.3, -0.25) is 9.48 Å². The first-order valence-electron chi connectivity index (χ1n) is 8.21. The molecule has 24 heavy (non-hydrogen) atoms. The van der Waals surface area contributed by atoms with Crippen molar-refractivity contribution in [1.29, 1.82) is 0 Å². The Morgan fingerprint density at radius 1 is 1.38 bits per heavy atom. The molecule has 0 aliphatic heterocycles. The van der Waals surface area contributed by atoms with Crippen LogP contribution in [0.5, 0.6) is 11.5 Å². The van der Waals surface area contributed by atoms with Crippen molar-refractivity contribution in [3.63, 3.8) is 0 Å². The van der Waals surface area contributed by atoms with E-state index in [1.54, 1.807) is 18.0 Å². The van der Waals surface area contributed by atoms with Gasteiger partial charge in [0.1, 0.15) is 0 Å². The maximum atomic E-state index is 12.1. The first kappa shape index (κ1) is 17.8. The molecule has 0 fully saturated rings. The molecule has 1 N–H and O–H groups in total. The van der Waals surface area contributed by atoms with Gasteiger partial charge in [0.15, 0.2) is 11.5 Å². The van der Waals surface area contributed by atoms with Gasteiger partial charge in [0.2, 0.25) is 5.91 Å². The summed E-state index contributed by atoms with van der Waals surface area (Å²) in [4.78, 5) is 12.1. The van der Waals surface area contributed by atoms with Gasteiger partial charge in [0.05, 0.1) is 19.8 Å². The SMILES string of the molecule is CCCOc1ccc([C@H](C)NC(=O)CCn2cccn2)cc1OC. The van der Waals surface area contributed by atoms with Gasteiger partial charge >= 0.3 is 0 Å². The second kappa shape index (κ2) is 8.96.